The van der Waals surface area contributed by atoms with Crippen LogP contribution in [0, 0.1) is 0 Å². The Balaban J connectivity index is 1.58. The van der Waals surface area contributed by atoms with Crippen LogP contribution in [-0.2, 0) is 7.05 Å². The molecule has 7 heteroatoms. The molecule has 4 heterocycles. The molecule has 0 radical (unpaired) electrons. The van der Waals surface area contributed by atoms with Gasteiger partial charge in [0.05, 0.1) is 17.1 Å². The molecular weight excluding hydrogens is 312 g/mol. The lowest BCUT2D eigenvalue weighted by Crippen LogP contribution is -2.30. The van der Waals surface area contributed by atoms with Crippen molar-refractivity contribution in [2.24, 2.45) is 7.05 Å². The SMILES string of the molecule is Cn1cc([C@H]2CCCN2C(=O)c2cc(-c3cccs3)on2)cn1. The topological polar surface area (TPSA) is 64.2 Å². The molecular formula is C16H16N4O2S. The van der Waals surface area contributed by atoms with Crippen molar-refractivity contribution in [3.8, 4) is 10.6 Å². The van der Waals surface area contributed by atoms with Crippen LogP contribution in [0.15, 0.2) is 40.5 Å². The molecule has 0 bridgehead atoms. The highest BCUT2D eigenvalue weighted by molar-refractivity contribution is 7.13. The lowest BCUT2D eigenvalue weighted by Gasteiger charge is -2.22. The van der Waals surface area contributed by atoms with Crippen LogP contribution in [0.4, 0.5) is 0 Å². The molecule has 1 amide bonds. The summed E-state index contributed by atoms with van der Waals surface area (Å²) in [5.74, 6) is 0.559. The third kappa shape index (κ3) is 2.57. The first kappa shape index (κ1) is 14.2. The zero-order chi connectivity index (χ0) is 15.8. The molecule has 0 saturated carbocycles. The molecule has 0 aromatic carbocycles. The van der Waals surface area contributed by atoms with Gasteiger partial charge in [-0.1, -0.05) is 11.2 Å². The van der Waals surface area contributed by atoms with Crippen molar-refractivity contribution in [3.63, 3.8) is 0 Å². The first-order valence-corrected chi connectivity index (χ1v) is 8.40. The maximum Gasteiger partial charge on any atom is 0.276 e. The van der Waals surface area contributed by atoms with E-state index in [1.54, 1.807) is 22.1 Å². The molecule has 1 aliphatic rings. The predicted molar refractivity (Wildman–Crippen MR) is 86.0 cm³/mol. The van der Waals surface area contributed by atoms with E-state index in [9.17, 15) is 4.79 Å². The van der Waals surface area contributed by atoms with E-state index < -0.39 is 0 Å². The zero-order valence-electron chi connectivity index (χ0n) is 12.7. The molecule has 1 atom stereocenters. The van der Waals surface area contributed by atoms with Crippen LogP contribution in [0.5, 0.6) is 0 Å². The molecule has 0 N–H and O–H groups in total. The smallest absolute Gasteiger partial charge is 0.276 e. The number of hydrogen-bond acceptors (Lipinski definition) is 5. The monoisotopic (exact) mass is 328 g/mol. The molecule has 3 aromatic rings. The zero-order valence-corrected chi connectivity index (χ0v) is 13.5. The van der Waals surface area contributed by atoms with Crippen LogP contribution in [0.1, 0.15) is 34.9 Å². The quantitative estimate of drug-likeness (QED) is 0.741. The highest BCUT2D eigenvalue weighted by Crippen LogP contribution is 2.33. The Hall–Kier alpha value is -2.41. The van der Waals surface area contributed by atoms with Crippen molar-refractivity contribution in [1.82, 2.24) is 19.8 Å². The van der Waals surface area contributed by atoms with Gasteiger partial charge in [-0.3, -0.25) is 9.48 Å². The fraction of sp³-hybridized carbons (Fsp3) is 0.312. The first-order chi connectivity index (χ1) is 11.2. The number of aryl methyl sites for hydroxylation is 1. The number of likely N-dealkylation sites (tertiary alicyclic amines) is 1. The van der Waals surface area contributed by atoms with Gasteiger partial charge in [0, 0.05) is 31.4 Å². The first-order valence-electron chi connectivity index (χ1n) is 7.52. The highest BCUT2D eigenvalue weighted by atomic mass is 32.1. The van der Waals surface area contributed by atoms with Gasteiger partial charge in [0.15, 0.2) is 11.5 Å². The summed E-state index contributed by atoms with van der Waals surface area (Å²) in [5.41, 5.74) is 1.43. The van der Waals surface area contributed by atoms with E-state index in [0.717, 1.165) is 29.8 Å². The minimum Gasteiger partial charge on any atom is -0.355 e. The molecule has 0 spiro atoms. The van der Waals surface area contributed by atoms with Gasteiger partial charge in [0.25, 0.3) is 5.91 Å². The summed E-state index contributed by atoms with van der Waals surface area (Å²) in [4.78, 5) is 15.6. The molecule has 0 aliphatic carbocycles. The van der Waals surface area contributed by atoms with E-state index in [1.165, 1.54) is 0 Å². The molecule has 1 aliphatic heterocycles. The second-order valence-electron chi connectivity index (χ2n) is 5.66. The van der Waals surface area contributed by atoms with Gasteiger partial charge in [-0.25, -0.2) is 0 Å². The third-order valence-electron chi connectivity index (χ3n) is 4.12. The van der Waals surface area contributed by atoms with E-state index in [1.807, 2.05) is 41.9 Å². The van der Waals surface area contributed by atoms with Crippen molar-refractivity contribution in [1.29, 1.82) is 0 Å². The lowest BCUT2D eigenvalue weighted by molar-refractivity contribution is 0.0725. The number of carbonyl (C=O) groups excluding carboxylic acids is 1. The highest BCUT2D eigenvalue weighted by Gasteiger charge is 2.32. The molecule has 1 saturated heterocycles. The minimum absolute atomic E-state index is 0.0677. The van der Waals surface area contributed by atoms with Crippen LogP contribution < -0.4 is 0 Å². The van der Waals surface area contributed by atoms with Gasteiger partial charge in [0.2, 0.25) is 0 Å². The van der Waals surface area contributed by atoms with Gasteiger partial charge < -0.3 is 9.42 Å². The second kappa shape index (κ2) is 5.66. The lowest BCUT2D eigenvalue weighted by atomic mass is 10.1. The van der Waals surface area contributed by atoms with Crippen LogP contribution in [0.3, 0.4) is 0 Å². The molecule has 118 valence electrons. The number of rotatable bonds is 3. The Kier molecular flexibility index (Phi) is 3.49. The van der Waals surface area contributed by atoms with Gasteiger partial charge >= 0.3 is 0 Å². The molecule has 23 heavy (non-hydrogen) atoms. The van der Waals surface area contributed by atoms with Gasteiger partial charge in [-0.05, 0) is 24.3 Å². The molecule has 4 rings (SSSR count). The Labute approximate surface area is 137 Å². The third-order valence-corrected chi connectivity index (χ3v) is 5.00. The normalized spacial score (nSPS) is 17.8. The number of carbonyl (C=O) groups is 1. The molecule has 3 aromatic heterocycles. The fourth-order valence-corrected chi connectivity index (χ4v) is 3.70. The van der Waals surface area contributed by atoms with E-state index in [0.29, 0.717) is 11.5 Å². The van der Waals surface area contributed by atoms with E-state index in [2.05, 4.69) is 10.3 Å². The van der Waals surface area contributed by atoms with Crippen molar-refractivity contribution in [2.75, 3.05) is 6.54 Å². The van der Waals surface area contributed by atoms with Crippen LogP contribution in [0.2, 0.25) is 0 Å². The molecule has 6 nitrogen and oxygen atoms in total. The Bertz CT molecular complexity index is 821. The standard InChI is InChI=1S/C16H16N4O2S/c1-19-10-11(9-17-19)13-4-2-6-20(13)16(21)12-8-14(22-18-12)15-5-3-7-23-15/h3,5,7-10,13H,2,4,6H2,1H3/t13-/m1/s1. The average Bonchev–Trinajstić information content (AvgIpc) is 3.31. The van der Waals surface area contributed by atoms with E-state index >= 15 is 0 Å². The summed E-state index contributed by atoms with van der Waals surface area (Å²) >= 11 is 1.56. The van der Waals surface area contributed by atoms with Crippen LogP contribution in [0.25, 0.3) is 10.6 Å². The largest absolute Gasteiger partial charge is 0.355 e. The second-order valence-corrected chi connectivity index (χ2v) is 6.61. The number of amides is 1. The summed E-state index contributed by atoms with van der Waals surface area (Å²) < 4.78 is 7.10. The van der Waals surface area contributed by atoms with Crippen LogP contribution in [-0.4, -0.2) is 32.3 Å². The van der Waals surface area contributed by atoms with E-state index in [-0.39, 0.29) is 11.9 Å². The summed E-state index contributed by atoms with van der Waals surface area (Å²) in [5, 5.41) is 10.2. The van der Waals surface area contributed by atoms with Crippen molar-refractivity contribution < 1.29 is 9.32 Å². The molecule has 1 fully saturated rings. The summed E-state index contributed by atoms with van der Waals surface area (Å²) in [6.45, 7) is 0.736. The average molecular weight is 328 g/mol. The van der Waals surface area contributed by atoms with Crippen LogP contribution >= 0.6 is 11.3 Å². The van der Waals surface area contributed by atoms with Gasteiger partial charge in [-0.15, -0.1) is 11.3 Å². The number of thiophene rings is 1. The summed E-state index contributed by atoms with van der Waals surface area (Å²) in [7, 11) is 1.88. The maximum atomic E-state index is 12.8. The van der Waals surface area contributed by atoms with Crippen molar-refractivity contribution >= 4 is 17.2 Å². The van der Waals surface area contributed by atoms with Crippen molar-refractivity contribution in [3.05, 3.63) is 47.2 Å². The Morgan fingerprint density at radius 2 is 2.39 bits per heavy atom. The predicted octanol–water partition coefficient (Wildman–Crippen LogP) is 3.11. The van der Waals surface area contributed by atoms with Gasteiger partial charge in [-0.2, -0.15) is 5.10 Å². The Morgan fingerprint density at radius 3 is 3.13 bits per heavy atom. The minimum atomic E-state index is -0.0806. The fourth-order valence-electron chi connectivity index (χ4n) is 3.03. The summed E-state index contributed by atoms with van der Waals surface area (Å²) in [6, 6.07) is 5.70. The number of aromatic nitrogens is 3. The van der Waals surface area contributed by atoms with Crippen molar-refractivity contribution in [2.45, 2.75) is 18.9 Å². The van der Waals surface area contributed by atoms with Gasteiger partial charge in [0.1, 0.15) is 0 Å². The number of hydrogen-bond donors (Lipinski definition) is 0. The van der Waals surface area contributed by atoms with E-state index in [4.69, 9.17) is 4.52 Å². The number of nitrogens with zero attached hydrogens (tertiary/aromatic N) is 4. The maximum absolute atomic E-state index is 12.8. The molecule has 0 unspecified atom stereocenters. The Morgan fingerprint density at radius 1 is 1.48 bits per heavy atom. The summed E-state index contributed by atoms with van der Waals surface area (Å²) in [6.07, 6.45) is 5.74.